The lowest BCUT2D eigenvalue weighted by molar-refractivity contribution is -0.716. The minimum atomic E-state index is -4.13. The van der Waals surface area contributed by atoms with Gasteiger partial charge in [-0.15, -0.1) is 0 Å². The van der Waals surface area contributed by atoms with Crippen molar-refractivity contribution in [3.05, 3.63) is 11.9 Å². The van der Waals surface area contributed by atoms with Crippen LogP contribution < -0.4 is 4.57 Å². The van der Waals surface area contributed by atoms with Crippen molar-refractivity contribution in [2.24, 2.45) is 7.05 Å². The Labute approximate surface area is 83.5 Å². The number of H-pyrrole nitrogens is 1. The highest BCUT2D eigenvalue weighted by molar-refractivity contribution is 7.85. The number of hydrogen-bond donors (Lipinski definition) is 2. The summed E-state index contributed by atoms with van der Waals surface area (Å²) in [5.74, 6) is 0. The van der Waals surface area contributed by atoms with E-state index in [2.05, 4.69) is 11.9 Å². The Balaban J connectivity index is 2.97. The lowest BCUT2D eigenvalue weighted by Crippen LogP contribution is -2.37. The maximum absolute atomic E-state index is 10.8. The second-order valence-electron chi connectivity index (χ2n) is 3.22. The second kappa shape index (κ2) is 4.10. The Hall–Kier alpha value is -0.880. The molecule has 0 spiro atoms. The highest BCUT2D eigenvalue weighted by atomic mass is 32.2. The number of nitrogens with zero attached hydrogens (tertiary/aromatic N) is 1. The normalized spacial score (nSPS) is 11.9. The zero-order valence-electron chi connectivity index (χ0n) is 8.32. The van der Waals surface area contributed by atoms with Gasteiger partial charge in [0.25, 0.3) is 0 Å². The fourth-order valence-corrected chi connectivity index (χ4v) is 1.99. The fourth-order valence-electron chi connectivity index (χ4n) is 1.31. The summed E-state index contributed by atoms with van der Waals surface area (Å²) in [5.41, 5.74) is 0.875. The van der Waals surface area contributed by atoms with Gasteiger partial charge in [-0.2, -0.15) is 8.42 Å². The molecule has 0 unspecified atom stereocenters. The lowest BCUT2D eigenvalue weighted by Gasteiger charge is -1.95. The van der Waals surface area contributed by atoms with E-state index in [1.165, 1.54) is 4.57 Å². The molecule has 0 aliphatic heterocycles. The Bertz CT molecular complexity index is 408. The summed E-state index contributed by atoms with van der Waals surface area (Å²) in [5, 5.41) is -0.163. The molecule has 0 fully saturated rings. The molecule has 80 valence electrons. The molecule has 0 bridgehead atoms. The van der Waals surface area contributed by atoms with Crippen LogP contribution in [0.25, 0.3) is 0 Å². The van der Waals surface area contributed by atoms with Crippen molar-refractivity contribution in [2.45, 2.75) is 31.3 Å². The third-order valence-electron chi connectivity index (χ3n) is 2.13. The summed E-state index contributed by atoms with van der Waals surface area (Å²) >= 11 is 0. The molecule has 6 heteroatoms. The summed E-state index contributed by atoms with van der Waals surface area (Å²) in [6.07, 6.45) is 4.46. The van der Waals surface area contributed by atoms with Crippen LogP contribution >= 0.6 is 0 Å². The van der Waals surface area contributed by atoms with Crippen LogP contribution in [0.1, 0.15) is 25.5 Å². The predicted molar refractivity (Wildman–Crippen MR) is 50.4 cm³/mol. The third-order valence-corrected chi connectivity index (χ3v) is 3.01. The maximum Gasteiger partial charge on any atom is 0.400 e. The van der Waals surface area contributed by atoms with Crippen LogP contribution in [0.2, 0.25) is 0 Å². The largest absolute Gasteiger partial charge is 0.400 e. The fraction of sp³-hybridized carbons (Fsp3) is 0.625. The first-order chi connectivity index (χ1) is 6.46. The van der Waals surface area contributed by atoms with Gasteiger partial charge in [0.1, 0.15) is 11.9 Å². The van der Waals surface area contributed by atoms with Gasteiger partial charge in [-0.25, -0.2) is 9.55 Å². The van der Waals surface area contributed by atoms with Crippen LogP contribution in [-0.2, 0) is 23.6 Å². The van der Waals surface area contributed by atoms with Crippen molar-refractivity contribution >= 4 is 10.1 Å². The molecule has 0 aliphatic rings. The molecule has 5 nitrogen and oxygen atoms in total. The zero-order chi connectivity index (χ0) is 10.8. The summed E-state index contributed by atoms with van der Waals surface area (Å²) in [6, 6.07) is 0. The van der Waals surface area contributed by atoms with Crippen LogP contribution in [-0.4, -0.2) is 18.0 Å². The Morgan fingerprint density at radius 1 is 1.57 bits per heavy atom. The van der Waals surface area contributed by atoms with E-state index >= 15 is 0 Å². The molecule has 0 atom stereocenters. The first kappa shape index (κ1) is 11.2. The van der Waals surface area contributed by atoms with Crippen molar-refractivity contribution in [1.82, 2.24) is 4.98 Å². The van der Waals surface area contributed by atoms with Crippen molar-refractivity contribution < 1.29 is 17.5 Å². The number of nitrogens with one attached hydrogen (secondary N) is 1. The molecule has 0 saturated carbocycles. The van der Waals surface area contributed by atoms with Crippen LogP contribution in [0.4, 0.5) is 0 Å². The summed E-state index contributed by atoms with van der Waals surface area (Å²) in [7, 11) is -2.51. The molecular formula is C8H15N2O3S+. The van der Waals surface area contributed by atoms with Crippen molar-refractivity contribution in [1.29, 1.82) is 0 Å². The van der Waals surface area contributed by atoms with E-state index in [-0.39, 0.29) is 5.16 Å². The number of hydrogen-bond acceptors (Lipinski definition) is 2. The quantitative estimate of drug-likeness (QED) is 0.569. The second-order valence-corrected chi connectivity index (χ2v) is 4.56. The van der Waals surface area contributed by atoms with E-state index in [4.69, 9.17) is 4.55 Å². The zero-order valence-corrected chi connectivity index (χ0v) is 9.13. The highest BCUT2D eigenvalue weighted by Gasteiger charge is 2.25. The average molecular weight is 219 g/mol. The first-order valence-electron chi connectivity index (χ1n) is 4.50. The molecule has 14 heavy (non-hydrogen) atoms. The summed E-state index contributed by atoms with van der Waals surface area (Å²) in [6.45, 7) is 2.07. The van der Waals surface area contributed by atoms with Crippen molar-refractivity contribution in [2.75, 3.05) is 0 Å². The molecule has 0 aliphatic carbocycles. The van der Waals surface area contributed by atoms with E-state index in [9.17, 15) is 8.42 Å². The molecule has 2 N–H and O–H groups in total. The van der Waals surface area contributed by atoms with Gasteiger partial charge in [-0.05, 0) is 6.42 Å². The van der Waals surface area contributed by atoms with E-state index in [0.29, 0.717) is 0 Å². The monoisotopic (exact) mass is 219 g/mol. The summed E-state index contributed by atoms with van der Waals surface area (Å²) in [4.78, 5) is 2.55. The van der Waals surface area contributed by atoms with Crippen molar-refractivity contribution in [3.63, 3.8) is 0 Å². The Kier molecular flexibility index (Phi) is 3.28. The van der Waals surface area contributed by atoms with Crippen LogP contribution in [0.5, 0.6) is 0 Å². The molecule has 1 aromatic heterocycles. The van der Waals surface area contributed by atoms with Gasteiger partial charge in [0.2, 0.25) is 0 Å². The maximum atomic E-state index is 10.8. The molecule has 0 aromatic carbocycles. The molecule has 0 amide bonds. The van der Waals surface area contributed by atoms with Gasteiger partial charge in [0.15, 0.2) is 0 Å². The highest BCUT2D eigenvalue weighted by Crippen LogP contribution is 2.03. The first-order valence-corrected chi connectivity index (χ1v) is 5.94. The number of aromatic amines is 1. The van der Waals surface area contributed by atoms with Gasteiger partial charge in [-0.3, -0.25) is 4.55 Å². The third kappa shape index (κ3) is 2.33. The topological polar surface area (TPSA) is 74.0 Å². The van der Waals surface area contributed by atoms with Gasteiger partial charge in [0, 0.05) is 6.42 Å². The number of aromatic nitrogens is 2. The van der Waals surface area contributed by atoms with E-state index in [0.717, 1.165) is 25.0 Å². The minimum absolute atomic E-state index is 0.163. The van der Waals surface area contributed by atoms with Gasteiger partial charge in [0.05, 0.1) is 7.05 Å². The molecule has 1 heterocycles. The Morgan fingerprint density at radius 2 is 2.21 bits per heavy atom. The van der Waals surface area contributed by atoms with Crippen molar-refractivity contribution in [3.8, 4) is 0 Å². The van der Waals surface area contributed by atoms with E-state index < -0.39 is 10.1 Å². The number of aryl methyl sites for hydroxylation is 1. The smallest absolute Gasteiger partial charge is 0.276 e. The summed E-state index contributed by atoms with van der Waals surface area (Å²) < 4.78 is 32.0. The Morgan fingerprint density at radius 3 is 2.64 bits per heavy atom. The predicted octanol–water partition coefficient (Wildman–Crippen LogP) is 0.428. The van der Waals surface area contributed by atoms with Gasteiger partial charge in [-0.1, -0.05) is 13.3 Å². The standard InChI is InChI=1S/C8H14N2O3S/c1-3-4-5-7-6-9-8(10(7)2)14(11,12)13/h6H,3-5H2,1-2H3,(H,11,12,13)/p+1. The van der Waals surface area contributed by atoms with E-state index in [1.807, 2.05) is 0 Å². The average Bonchev–Trinajstić information content (AvgIpc) is 2.42. The van der Waals surface area contributed by atoms with Crippen LogP contribution in [0, 0.1) is 0 Å². The molecule has 1 rings (SSSR count). The van der Waals surface area contributed by atoms with Crippen LogP contribution in [0.15, 0.2) is 11.4 Å². The van der Waals surface area contributed by atoms with Crippen LogP contribution in [0.3, 0.4) is 0 Å². The van der Waals surface area contributed by atoms with Gasteiger partial charge < -0.3 is 0 Å². The number of rotatable bonds is 4. The molecule has 1 aromatic rings. The SMILES string of the molecule is CCCCc1c[nH]c(S(=O)(=O)O)[n+]1C. The molecular weight excluding hydrogens is 204 g/mol. The van der Waals surface area contributed by atoms with E-state index in [1.54, 1.807) is 13.2 Å². The number of imidazole rings is 1. The lowest BCUT2D eigenvalue weighted by atomic mass is 10.2. The number of unbranched alkanes of at least 4 members (excludes halogenated alkanes) is 1. The molecule has 0 saturated heterocycles. The molecule has 0 radical (unpaired) electrons. The van der Waals surface area contributed by atoms with Gasteiger partial charge >= 0.3 is 15.3 Å². The minimum Gasteiger partial charge on any atom is -0.276 e.